The van der Waals surface area contributed by atoms with E-state index in [0.717, 1.165) is 17.0 Å². The average molecular weight is 299 g/mol. The lowest BCUT2D eigenvalue weighted by atomic mass is 10.3. The molecule has 3 rings (SSSR count). The first kappa shape index (κ1) is 13.6. The molecule has 0 atom stereocenters. The number of aryl methyl sites for hydroxylation is 2. The third-order valence-electron chi connectivity index (χ3n) is 3.04. The Balaban J connectivity index is 2.13. The molecule has 0 saturated carbocycles. The van der Waals surface area contributed by atoms with E-state index in [1.807, 2.05) is 44.3 Å². The van der Waals surface area contributed by atoms with Gasteiger partial charge in [0.05, 0.1) is 16.9 Å². The van der Waals surface area contributed by atoms with Crippen LogP contribution in [0.15, 0.2) is 46.8 Å². The van der Waals surface area contributed by atoms with E-state index in [0.29, 0.717) is 16.4 Å². The molecule has 2 heterocycles. The summed E-state index contributed by atoms with van der Waals surface area (Å²) < 4.78 is 3.43. The number of carbonyl (C=O) groups is 1. The van der Waals surface area contributed by atoms with Crippen LogP contribution in [0.5, 0.6) is 0 Å². The van der Waals surface area contributed by atoms with E-state index in [1.54, 1.807) is 9.36 Å². The number of carbonyl (C=O) groups excluding carboxylic acids is 1. The molecule has 0 aliphatic carbocycles. The maximum absolute atomic E-state index is 11.4. The monoisotopic (exact) mass is 299 g/mol. The van der Waals surface area contributed by atoms with Crippen LogP contribution in [-0.2, 0) is 7.05 Å². The standard InChI is InChI=1S/C14H13N5OS/c1-10-12(8-20)13(21-14-15-9-16-18(14)2)19(17-10)11-6-4-3-5-7-11/h3-9H,1-2H3. The zero-order valence-corrected chi connectivity index (χ0v) is 12.4. The number of aromatic nitrogens is 5. The number of rotatable bonds is 4. The van der Waals surface area contributed by atoms with Crippen molar-refractivity contribution in [3.05, 3.63) is 47.9 Å². The normalized spacial score (nSPS) is 10.8. The van der Waals surface area contributed by atoms with E-state index in [-0.39, 0.29) is 0 Å². The van der Waals surface area contributed by atoms with Crippen molar-refractivity contribution in [2.45, 2.75) is 17.1 Å². The molecule has 0 bridgehead atoms. The van der Waals surface area contributed by atoms with E-state index in [4.69, 9.17) is 0 Å². The van der Waals surface area contributed by atoms with Gasteiger partial charge in [-0.25, -0.2) is 14.3 Å². The largest absolute Gasteiger partial charge is 0.298 e. The van der Waals surface area contributed by atoms with Gasteiger partial charge in [0.25, 0.3) is 0 Å². The molecule has 0 spiro atoms. The summed E-state index contributed by atoms with van der Waals surface area (Å²) in [5.41, 5.74) is 2.17. The molecular formula is C14H13N5OS. The zero-order chi connectivity index (χ0) is 14.8. The van der Waals surface area contributed by atoms with Crippen molar-refractivity contribution in [2.75, 3.05) is 0 Å². The molecule has 0 fully saturated rings. The molecule has 21 heavy (non-hydrogen) atoms. The summed E-state index contributed by atoms with van der Waals surface area (Å²) in [5.74, 6) is 0. The van der Waals surface area contributed by atoms with Gasteiger partial charge in [0.1, 0.15) is 11.4 Å². The minimum atomic E-state index is 0.576. The van der Waals surface area contributed by atoms with Crippen LogP contribution in [-0.4, -0.2) is 30.8 Å². The number of aldehydes is 1. The molecule has 2 aromatic heterocycles. The molecule has 0 N–H and O–H groups in total. The van der Waals surface area contributed by atoms with Gasteiger partial charge in [-0.3, -0.25) is 4.79 Å². The molecule has 106 valence electrons. The summed E-state index contributed by atoms with van der Waals surface area (Å²) in [7, 11) is 1.81. The molecule has 0 amide bonds. The first-order chi connectivity index (χ1) is 10.2. The first-order valence-electron chi connectivity index (χ1n) is 6.32. The van der Waals surface area contributed by atoms with Crippen molar-refractivity contribution in [1.29, 1.82) is 0 Å². The molecule has 0 unspecified atom stereocenters. The highest BCUT2D eigenvalue weighted by Gasteiger charge is 2.19. The van der Waals surface area contributed by atoms with Crippen LogP contribution in [0, 0.1) is 6.92 Å². The highest BCUT2D eigenvalue weighted by Crippen LogP contribution is 2.31. The van der Waals surface area contributed by atoms with Gasteiger partial charge < -0.3 is 0 Å². The Bertz CT molecular complexity index is 778. The fraction of sp³-hybridized carbons (Fsp3) is 0.143. The van der Waals surface area contributed by atoms with Crippen LogP contribution < -0.4 is 0 Å². The molecular weight excluding hydrogens is 286 g/mol. The van der Waals surface area contributed by atoms with E-state index < -0.39 is 0 Å². The molecule has 0 aliphatic heterocycles. The maximum atomic E-state index is 11.4. The van der Waals surface area contributed by atoms with Gasteiger partial charge in [-0.15, -0.1) is 0 Å². The van der Waals surface area contributed by atoms with Crippen molar-refractivity contribution >= 4 is 18.0 Å². The fourth-order valence-corrected chi connectivity index (χ4v) is 2.95. The van der Waals surface area contributed by atoms with Crippen molar-refractivity contribution < 1.29 is 4.79 Å². The minimum Gasteiger partial charge on any atom is -0.298 e. The van der Waals surface area contributed by atoms with Crippen LogP contribution in [0.25, 0.3) is 5.69 Å². The number of para-hydroxylation sites is 1. The van der Waals surface area contributed by atoms with Crippen LogP contribution in [0.3, 0.4) is 0 Å². The second kappa shape index (κ2) is 5.53. The van der Waals surface area contributed by atoms with Crippen molar-refractivity contribution in [3.8, 4) is 5.69 Å². The maximum Gasteiger partial charge on any atom is 0.192 e. The molecule has 3 aromatic rings. The van der Waals surface area contributed by atoms with Gasteiger partial charge in [-0.2, -0.15) is 10.2 Å². The highest BCUT2D eigenvalue weighted by molar-refractivity contribution is 7.99. The van der Waals surface area contributed by atoms with Crippen LogP contribution in [0.1, 0.15) is 16.1 Å². The fourth-order valence-electron chi connectivity index (χ4n) is 1.96. The zero-order valence-electron chi connectivity index (χ0n) is 11.6. The number of nitrogens with zero attached hydrogens (tertiary/aromatic N) is 5. The Morgan fingerprint density at radius 1 is 1.24 bits per heavy atom. The third kappa shape index (κ3) is 2.47. The Morgan fingerprint density at radius 2 is 2.00 bits per heavy atom. The predicted molar refractivity (Wildman–Crippen MR) is 78.8 cm³/mol. The Hall–Kier alpha value is -2.41. The number of hydrogen-bond donors (Lipinski definition) is 0. The van der Waals surface area contributed by atoms with Gasteiger partial charge in [0.2, 0.25) is 0 Å². The average Bonchev–Trinajstić information content (AvgIpc) is 3.04. The third-order valence-corrected chi connectivity index (χ3v) is 4.18. The van der Waals surface area contributed by atoms with Gasteiger partial charge in [-0.05, 0) is 30.8 Å². The summed E-state index contributed by atoms with van der Waals surface area (Å²) in [5, 5.41) is 9.96. The molecule has 7 heteroatoms. The van der Waals surface area contributed by atoms with Crippen molar-refractivity contribution in [1.82, 2.24) is 24.5 Å². The van der Waals surface area contributed by atoms with Crippen molar-refractivity contribution in [2.24, 2.45) is 7.05 Å². The van der Waals surface area contributed by atoms with Crippen LogP contribution in [0.2, 0.25) is 0 Å². The molecule has 0 saturated heterocycles. The molecule has 0 radical (unpaired) electrons. The van der Waals surface area contributed by atoms with Gasteiger partial charge in [-0.1, -0.05) is 18.2 Å². The van der Waals surface area contributed by atoms with Gasteiger partial charge in [0, 0.05) is 7.05 Å². The summed E-state index contributed by atoms with van der Waals surface area (Å²) in [6.07, 6.45) is 2.32. The van der Waals surface area contributed by atoms with E-state index in [2.05, 4.69) is 15.2 Å². The molecule has 0 aliphatic rings. The van der Waals surface area contributed by atoms with Crippen LogP contribution in [0.4, 0.5) is 0 Å². The lowest BCUT2D eigenvalue weighted by Gasteiger charge is -2.07. The second-order valence-corrected chi connectivity index (χ2v) is 5.39. The van der Waals surface area contributed by atoms with Crippen molar-refractivity contribution in [3.63, 3.8) is 0 Å². The number of benzene rings is 1. The van der Waals surface area contributed by atoms with Crippen LogP contribution >= 0.6 is 11.8 Å². The predicted octanol–water partition coefficient (Wildman–Crippen LogP) is 2.27. The SMILES string of the molecule is Cc1nn(-c2ccccc2)c(Sc2ncnn2C)c1C=O. The van der Waals surface area contributed by atoms with E-state index >= 15 is 0 Å². The molecule has 1 aromatic carbocycles. The minimum absolute atomic E-state index is 0.576. The Labute approximate surface area is 125 Å². The summed E-state index contributed by atoms with van der Waals surface area (Å²) >= 11 is 1.37. The van der Waals surface area contributed by atoms with E-state index in [1.165, 1.54) is 18.1 Å². The lowest BCUT2D eigenvalue weighted by Crippen LogP contribution is -2.00. The van der Waals surface area contributed by atoms with Gasteiger partial charge in [0.15, 0.2) is 11.4 Å². The Morgan fingerprint density at radius 3 is 2.62 bits per heavy atom. The summed E-state index contributed by atoms with van der Waals surface area (Å²) in [6.45, 7) is 1.82. The highest BCUT2D eigenvalue weighted by atomic mass is 32.2. The van der Waals surface area contributed by atoms with E-state index in [9.17, 15) is 4.79 Å². The quantitative estimate of drug-likeness (QED) is 0.691. The topological polar surface area (TPSA) is 65.6 Å². The first-order valence-corrected chi connectivity index (χ1v) is 7.14. The summed E-state index contributed by atoms with van der Waals surface area (Å²) in [4.78, 5) is 15.6. The number of hydrogen-bond acceptors (Lipinski definition) is 5. The smallest absolute Gasteiger partial charge is 0.192 e. The second-order valence-electron chi connectivity index (χ2n) is 4.44. The van der Waals surface area contributed by atoms with Gasteiger partial charge >= 0.3 is 0 Å². The summed E-state index contributed by atoms with van der Waals surface area (Å²) in [6, 6.07) is 9.70. The Kier molecular flexibility index (Phi) is 3.57. The lowest BCUT2D eigenvalue weighted by molar-refractivity contribution is 0.112. The molecule has 6 nitrogen and oxygen atoms in total.